The third kappa shape index (κ3) is 6.60. The van der Waals surface area contributed by atoms with Crippen LogP contribution < -0.4 is 0 Å². The van der Waals surface area contributed by atoms with E-state index in [0.29, 0.717) is 36.8 Å². The normalized spacial score (nSPS) is 18.8. The molecule has 0 heterocycles. The summed E-state index contributed by atoms with van der Waals surface area (Å²) in [5.41, 5.74) is 1.80. The number of ether oxygens (including phenoxy) is 1. The summed E-state index contributed by atoms with van der Waals surface area (Å²) < 4.78 is 48.1. The number of rotatable bonds is 6. The van der Waals surface area contributed by atoms with Gasteiger partial charge >= 0.3 is 5.97 Å². The van der Waals surface area contributed by atoms with Crippen LogP contribution in [0.4, 0.5) is 13.2 Å². The Morgan fingerprint density at radius 3 is 2.65 bits per heavy atom. The molecule has 2 atom stereocenters. The van der Waals surface area contributed by atoms with Gasteiger partial charge < -0.3 is 9.84 Å². The zero-order valence-electron chi connectivity index (χ0n) is 17.3. The van der Waals surface area contributed by atoms with Crippen molar-refractivity contribution in [3.8, 4) is 11.8 Å². The van der Waals surface area contributed by atoms with Gasteiger partial charge in [-0.1, -0.05) is 30.4 Å². The van der Waals surface area contributed by atoms with Crippen molar-refractivity contribution in [1.82, 2.24) is 0 Å². The standard InChI is InChI=1S/C25H25F3O3/c1-17-12-19(5-2-4-18-8-10-22(26)11-9-18)14-21(13-17)25(27,28)16-31-23-7-3-6-20(15-23)24(29)30/h8-14,20,23H,3-4,6-7,15-16H2,1H3,(H,29,30). The molecule has 2 aromatic carbocycles. The topological polar surface area (TPSA) is 46.5 Å². The maximum Gasteiger partial charge on any atom is 0.306 e. The fourth-order valence-electron chi connectivity index (χ4n) is 3.74. The number of halogens is 3. The van der Waals surface area contributed by atoms with Crippen molar-refractivity contribution < 1.29 is 27.8 Å². The predicted octanol–water partition coefficient (Wildman–Crippen LogP) is 5.48. The Bertz CT molecular complexity index is 974. The zero-order valence-corrected chi connectivity index (χ0v) is 17.3. The van der Waals surface area contributed by atoms with Crippen molar-refractivity contribution in [2.75, 3.05) is 6.61 Å². The summed E-state index contributed by atoms with van der Waals surface area (Å²) in [5.74, 6) is 0.871. The lowest BCUT2D eigenvalue weighted by Crippen LogP contribution is -2.31. The molecule has 2 unspecified atom stereocenters. The molecule has 0 spiro atoms. The van der Waals surface area contributed by atoms with Gasteiger partial charge in [0.05, 0.1) is 12.0 Å². The minimum Gasteiger partial charge on any atom is -0.481 e. The molecule has 0 radical (unpaired) electrons. The molecule has 3 nitrogen and oxygen atoms in total. The lowest BCUT2D eigenvalue weighted by atomic mass is 9.87. The molecule has 164 valence electrons. The van der Waals surface area contributed by atoms with Crippen LogP contribution in [0.3, 0.4) is 0 Å². The highest BCUT2D eigenvalue weighted by atomic mass is 19.3. The lowest BCUT2D eigenvalue weighted by molar-refractivity contribution is -0.147. The molecule has 0 saturated heterocycles. The quantitative estimate of drug-likeness (QED) is 0.618. The number of aryl methyl sites for hydroxylation is 1. The van der Waals surface area contributed by atoms with Gasteiger partial charge in [0, 0.05) is 17.5 Å². The first kappa shape index (κ1) is 22.9. The van der Waals surface area contributed by atoms with E-state index < -0.39 is 30.5 Å². The summed E-state index contributed by atoms with van der Waals surface area (Å²) in [6.45, 7) is 0.931. The third-order valence-corrected chi connectivity index (χ3v) is 5.41. The van der Waals surface area contributed by atoms with E-state index in [-0.39, 0.29) is 17.8 Å². The molecule has 0 aromatic heterocycles. The second-order valence-electron chi connectivity index (χ2n) is 8.03. The number of carboxylic acids is 1. The average Bonchev–Trinajstić information content (AvgIpc) is 2.73. The van der Waals surface area contributed by atoms with Crippen molar-refractivity contribution in [3.63, 3.8) is 0 Å². The maximum absolute atomic E-state index is 14.8. The number of aliphatic carboxylic acids is 1. The molecule has 31 heavy (non-hydrogen) atoms. The Balaban J connectivity index is 1.66. The van der Waals surface area contributed by atoms with E-state index in [2.05, 4.69) is 11.8 Å². The summed E-state index contributed by atoms with van der Waals surface area (Å²) in [6, 6.07) is 10.5. The lowest BCUT2D eigenvalue weighted by Gasteiger charge is -2.28. The smallest absolute Gasteiger partial charge is 0.306 e. The Morgan fingerprint density at radius 2 is 1.94 bits per heavy atom. The van der Waals surface area contributed by atoms with Gasteiger partial charge in [-0.05, 0) is 67.6 Å². The molecular formula is C25H25F3O3. The summed E-state index contributed by atoms with van der Waals surface area (Å²) in [5, 5.41) is 9.15. The predicted molar refractivity (Wildman–Crippen MR) is 111 cm³/mol. The number of hydrogen-bond donors (Lipinski definition) is 1. The van der Waals surface area contributed by atoms with Crippen molar-refractivity contribution in [3.05, 3.63) is 70.5 Å². The van der Waals surface area contributed by atoms with Crippen molar-refractivity contribution in [2.45, 2.75) is 51.1 Å². The first-order valence-corrected chi connectivity index (χ1v) is 10.3. The summed E-state index contributed by atoms with van der Waals surface area (Å²) in [6.07, 6.45) is 1.98. The van der Waals surface area contributed by atoms with Crippen LogP contribution in [0.15, 0.2) is 42.5 Å². The number of carbonyl (C=O) groups is 1. The van der Waals surface area contributed by atoms with E-state index in [1.54, 1.807) is 25.1 Å². The Hall–Kier alpha value is -2.78. The van der Waals surface area contributed by atoms with E-state index in [1.807, 2.05) is 0 Å². The molecule has 1 N–H and O–H groups in total. The second kappa shape index (κ2) is 10.0. The Labute approximate surface area is 180 Å². The highest BCUT2D eigenvalue weighted by Crippen LogP contribution is 2.33. The maximum atomic E-state index is 14.8. The summed E-state index contributed by atoms with van der Waals surface area (Å²) >= 11 is 0. The van der Waals surface area contributed by atoms with Crippen LogP contribution in [0, 0.1) is 30.5 Å². The fraction of sp³-hybridized carbons (Fsp3) is 0.400. The van der Waals surface area contributed by atoms with Crippen LogP contribution in [-0.4, -0.2) is 23.8 Å². The Kier molecular flexibility index (Phi) is 7.40. The van der Waals surface area contributed by atoms with Crippen LogP contribution in [0.25, 0.3) is 0 Å². The van der Waals surface area contributed by atoms with Gasteiger partial charge in [0.2, 0.25) is 0 Å². The van der Waals surface area contributed by atoms with Crippen LogP contribution in [0.1, 0.15) is 47.9 Å². The third-order valence-electron chi connectivity index (χ3n) is 5.41. The van der Waals surface area contributed by atoms with Crippen LogP contribution in [0.2, 0.25) is 0 Å². The highest BCUT2D eigenvalue weighted by Gasteiger charge is 2.35. The molecule has 1 aliphatic carbocycles. The molecule has 2 aromatic rings. The molecule has 6 heteroatoms. The van der Waals surface area contributed by atoms with Gasteiger partial charge in [-0.15, -0.1) is 0 Å². The van der Waals surface area contributed by atoms with E-state index in [9.17, 15) is 18.0 Å². The van der Waals surface area contributed by atoms with Gasteiger partial charge in [-0.3, -0.25) is 4.79 Å². The number of carboxylic acid groups (broad SMARTS) is 1. The highest BCUT2D eigenvalue weighted by molar-refractivity contribution is 5.70. The van der Waals surface area contributed by atoms with Gasteiger partial charge in [0.25, 0.3) is 5.92 Å². The van der Waals surface area contributed by atoms with Crippen LogP contribution in [-0.2, 0) is 21.9 Å². The first-order valence-electron chi connectivity index (χ1n) is 10.3. The van der Waals surface area contributed by atoms with Crippen molar-refractivity contribution >= 4 is 5.97 Å². The molecule has 0 bridgehead atoms. The monoisotopic (exact) mass is 430 g/mol. The molecule has 1 aliphatic rings. The van der Waals surface area contributed by atoms with E-state index in [0.717, 1.165) is 5.56 Å². The van der Waals surface area contributed by atoms with Crippen LogP contribution >= 0.6 is 0 Å². The summed E-state index contributed by atoms with van der Waals surface area (Å²) in [4.78, 5) is 11.2. The number of hydrogen-bond acceptors (Lipinski definition) is 2. The van der Waals surface area contributed by atoms with Gasteiger partial charge in [0.1, 0.15) is 12.4 Å². The zero-order chi connectivity index (χ0) is 22.4. The SMILES string of the molecule is Cc1cc(C#CCc2ccc(F)cc2)cc(C(F)(F)COC2CCCC(C(=O)O)C2)c1. The average molecular weight is 430 g/mol. The minimum absolute atomic E-state index is 0.177. The molecule has 0 amide bonds. The largest absolute Gasteiger partial charge is 0.481 e. The molecule has 0 aliphatic heterocycles. The van der Waals surface area contributed by atoms with E-state index >= 15 is 0 Å². The first-order chi connectivity index (χ1) is 14.7. The van der Waals surface area contributed by atoms with Crippen molar-refractivity contribution in [1.29, 1.82) is 0 Å². The van der Waals surface area contributed by atoms with E-state index in [1.165, 1.54) is 24.3 Å². The molecular weight excluding hydrogens is 405 g/mol. The molecule has 1 saturated carbocycles. The van der Waals surface area contributed by atoms with Gasteiger partial charge in [0.15, 0.2) is 0 Å². The second-order valence-corrected chi connectivity index (χ2v) is 8.03. The number of alkyl halides is 2. The van der Waals surface area contributed by atoms with Gasteiger partial charge in [-0.2, -0.15) is 8.78 Å². The number of benzene rings is 2. The Morgan fingerprint density at radius 1 is 1.19 bits per heavy atom. The van der Waals surface area contributed by atoms with Crippen LogP contribution in [0.5, 0.6) is 0 Å². The van der Waals surface area contributed by atoms with Crippen molar-refractivity contribution in [2.24, 2.45) is 5.92 Å². The minimum atomic E-state index is -3.21. The molecule has 1 fully saturated rings. The van der Waals surface area contributed by atoms with E-state index in [4.69, 9.17) is 9.84 Å². The fourth-order valence-corrected chi connectivity index (χ4v) is 3.74. The molecule has 3 rings (SSSR count). The van der Waals surface area contributed by atoms with Gasteiger partial charge in [-0.25, -0.2) is 4.39 Å². The summed E-state index contributed by atoms with van der Waals surface area (Å²) in [7, 11) is 0.